The smallest absolute Gasteiger partial charge is 0.144 e. The molecule has 0 radical (unpaired) electrons. The third-order valence-corrected chi connectivity index (χ3v) is 3.15. The predicted octanol–water partition coefficient (Wildman–Crippen LogP) is 2.81. The van der Waals surface area contributed by atoms with Gasteiger partial charge in [0.25, 0.3) is 0 Å². The van der Waals surface area contributed by atoms with Crippen LogP contribution in [0.3, 0.4) is 0 Å². The van der Waals surface area contributed by atoms with Crippen molar-refractivity contribution in [2.45, 2.75) is 33.7 Å². The van der Waals surface area contributed by atoms with Gasteiger partial charge < -0.3 is 20.7 Å². The molecule has 3 N–H and O–H groups in total. The minimum atomic E-state index is 0.387. The molecule has 0 amide bonds. The normalized spacial score (nSPS) is 12.5. The fourth-order valence-electron chi connectivity index (χ4n) is 2.10. The lowest BCUT2D eigenvalue weighted by Gasteiger charge is -2.24. The molecular weight excluding hydrogens is 238 g/mol. The van der Waals surface area contributed by atoms with Crippen LogP contribution in [0.2, 0.25) is 0 Å². The number of nitrogen functional groups attached to an aromatic ring is 1. The lowest BCUT2D eigenvalue weighted by Crippen LogP contribution is -2.34. The van der Waals surface area contributed by atoms with Gasteiger partial charge in [-0.05, 0) is 39.1 Å². The molecule has 0 spiro atoms. The molecule has 0 saturated carbocycles. The number of nitrogens with zero attached hydrogens (tertiary/aromatic N) is 1. The molecule has 1 atom stereocenters. The molecule has 0 aliphatic rings. The van der Waals surface area contributed by atoms with Gasteiger partial charge >= 0.3 is 0 Å². The van der Waals surface area contributed by atoms with Crippen LogP contribution in [0.5, 0.6) is 5.75 Å². The number of nitrogens with one attached hydrogen (secondary N) is 1. The zero-order chi connectivity index (χ0) is 14.3. The van der Waals surface area contributed by atoms with Gasteiger partial charge in [0.05, 0.1) is 12.3 Å². The first-order chi connectivity index (χ1) is 9.10. The van der Waals surface area contributed by atoms with Crippen molar-refractivity contribution >= 4 is 11.4 Å². The van der Waals surface area contributed by atoms with Gasteiger partial charge in [-0.15, -0.1) is 0 Å². The van der Waals surface area contributed by atoms with E-state index < -0.39 is 0 Å². The largest absolute Gasteiger partial charge is 0.492 e. The van der Waals surface area contributed by atoms with Crippen LogP contribution in [0.15, 0.2) is 18.2 Å². The summed E-state index contributed by atoms with van der Waals surface area (Å²) in [6.07, 6.45) is 0. The minimum Gasteiger partial charge on any atom is -0.492 e. The lowest BCUT2D eigenvalue weighted by atomic mass is 10.2. The molecule has 4 nitrogen and oxygen atoms in total. The molecule has 0 fully saturated rings. The van der Waals surface area contributed by atoms with Crippen LogP contribution in [0.1, 0.15) is 27.7 Å². The maximum Gasteiger partial charge on any atom is 0.144 e. The Balaban J connectivity index is 2.63. The van der Waals surface area contributed by atoms with Crippen LogP contribution in [0.25, 0.3) is 0 Å². The van der Waals surface area contributed by atoms with Crippen LogP contribution in [0.4, 0.5) is 11.4 Å². The van der Waals surface area contributed by atoms with Crippen LogP contribution >= 0.6 is 0 Å². The van der Waals surface area contributed by atoms with Gasteiger partial charge in [-0.25, -0.2) is 0 Å². The van der Waals surface area contributed by atoms with Crippen LogP contribution in [-0.2, 0) is 0 Å². The number of hydrogen-bond acceptors (Lipinski definition) is 4. The fourth-order valence-corrected chi connectivity index (χ4v) is 2.10. The highest BCUT2D eigenvalue weighted by Gasteiger charge is 2.08. The van der Waals surface area contributed by atoms with E-state index in [0.717, 1.165) is 31.1 Å². The van der Waals surface area contributed by atoms with Crippen molar-refractivity contribution < 1.29 is 4.74 Å². The van der Waals surface area contributed by atoms with E-state index in [2.05, 4.69) is 31.0 Å². The van der Waals surface area contributed by atoms with Crippen LogP contribution in [0, 0.1) is 0 Å². The molecule has 0 aliphatic heterocycles. The van der Waals surface area contributed by atoms with Gasteiger partial charge in [0, 0.05) is 24.3 Å². The monoisotopic (exact) mass is 265 g/mol. The van der Waals surface area contributed by atoms with E-state index in [1.165, 1.54) is 0 Å². The third-order valence-electron chi connectivity index (χ3n) is 3.15. The molecule has 1 aromatic rings. The Morgan fingerprint density at radius 3 is 2.53 bits per heavy atom. The maximum absolute atomic E-state index is 5.87. The summed E-state index contributed by atoms with van der Waals surface area (Å²) in [6.45, 7) is 12.3. The van der Waals surface area contributed by atoms with Crippen molar-refractivity contribution in [1.29, 1.82) is 0 Å². The summed E-state index contributed by atoms with van der Waals surface area (Å²) in [5.41, 5.74) is 7.61. The summed E-state index contributed by atoms with van der Waals surface area (Å²) in [6, 6.07) is 6.24. The van der Waals surface area contributed by atoms with Crippen molar-refractivity contribution in [3.63, 3.8) is 0 Å². The summed E-state index contributed by atoms with van der Waals surface area (Å²) in [5, 5.41) is 3.49. The second-order valence-corrected chi connectivity index (χ2v) is 4.72. The standard InChI is InChI=1S/C15H27N3O/c1-5-18(6-2)11-12(4)17-13-8-9-14(16)15(10-13)19-7-3/h8-10,12,17H,5-7,11,16H2,1-4H3. The Kier molecular flexibility index (Phi) is 6.50. The first-order valence-electron chi connectivity index (χ1n) is 7.11. The van der Waals surface area contributed by atoms with E-state index in [-0.39, 0.29) is 0 Å². The van der Waals surface area contributed by atoms with Gasteiger partial charge in [-0.3, -0.25) is 0 Å². The highest BCUT2D eigenvalue weighted by molar-refractivity contribution is 5.61. The van der Waals surface area contributed by atoms with Crippen molar-refractivity contribution in [1.82, 2.24) is 4.90 Å². The third kappa shape index (κ3) is 4.99. The number of nitrogens with two attached hydrogens (primary N) is 1. The topological polar surface area (TPSA) is 50.5 Å². The second-order valence-electron chi connectivity index (χ2n) is 4.72. The Labute approximate surface area is 116 Å². The summed E-state index contributed by atoms with van der Waals surface area (Å²) < 4.78 is 5.51. The molecule has 108 valence electrons. The van der Waals surface area contributed by atoms with E-state index in [0.29, 0.717) is 18.3 Å². The van der Waals surface area contributed by atoms with Crippen LogP contribution in [-0.4, -0.2) is 37.2 Å². The predicted molar refractivity (Wildman–Crippen MR) is 82.9 cm³/mol. The zero-order valence-electron chi connectivity index (χ0n) is 12.6. The molecule has 0 aromatic heterocycles. The summed E-state index contributed by atoms with van der Waals surface area (Å²) in [4.78, 5) is 2.40. The molecule has 1 aromatic carbocycles. The minimum absolute atomic E-state index is 0.387. The summed E-state index contributed by atoms with van der Waals surface area (Å²) >= 11 is 0. The molecule has 0 aliphatic carbocycles. The Hall–Kier alpha value is -1.42. The van der Waals surface area contributed by atoms with E-state index in [1.54, 1.807) is 0 Å². The quantitative estimate of drug-likeness (QED) is 0.710. The molecule has 19 heavy (non-hydrogen) atoms. The van der Waals surface area contributed by atoms with Crippen molar-refractivity contribution in [3.05, 3.63) is 18.2 Å². The fraction of sp³-hybridized carbons (Fsp3) is 0.600. The van der Waals surface area contributed by atoms with Crippen molar-refractivity contribution in [3.8, 4) is 5.75 Å². The van der Waals surface area contributed by atoms with E-state index >= 15 is 0 Å². The van der Waals surface area contributed by atoms with Gasteiger partial charge in [0.15, 0.2) is 0 Å². The average Bonchev–Trinajstić information content (AvgIpc) is 2.40. The highest BCUT2D eigenvalue weighted by Crippen LogP contribution is 2.25. The molecule has 0 heterocycles. The van der Waals surface area contributed by atoms with Gasteiger partial charge in [-0.1, -0.05) is 13.8 Å². The first kappa shape index (κ1) is 15.6. The SMILES string of the molecule is CCOc1cc(NC(C)CN(CC)CC)ccc1N. The van der Waals surface area contributed by atoms with E-state index in [1.807, 2.05) is 25.1 Å². The number of ether oxygens (including phenoxy) is 1. The molecule has 0 saturated heterocycles. The van der Waals surface area contributed by atoms with Gasteiger partial charge in [0.1, 0.15) is 5.75 Å². The van der Waals surface area contributed by atoms with Crippen molar-refractivity contribution in [2.24, 2.45) is 0 Å². The number of hydrogen-bond donors (Lipinski definition) is 2. The zero-order valence-corrected chi connectivity index (χ0v) is 12.6. The maximum atomic E-state index is 5.87. The van der Waals surface area contributed by atoms with E-state index in [9.17, 15) is 0 Å². The van der Waals surface area contributed by atoms with Gasteiger partial charge in [-0.2, -0.15) is 0 Å². The Morgan fingerprint density at radius 2 is 1.95 bits per heavy atom. The van der Waals surface area contributed by atoms with Gasteiger partial charge in [0.2, 0.25) is 0 Å². The summed E-state index contributed by atoms with van der Waals surface area (Å²) in [7, 11) is 0. The number of anilines is 2. The van der Waals surface area contributed by atoms with Crippen molar-refractivity contribution in [2.75, 3.05) is 37.3 Å². The van der Waals surface area contributed by atoms with E-state index in [4.69, 9.17) is 10.5 Å². The Morgan fingerprint density at radius 1 is 1.26 bits per heavy atom. The number of benzene rings is 1. The number of likely N-dealkylation sites (N-methyl/N-ethyl adjacent to an activating group) is 1. The molecule has 1 rings (SSSR count). The lowest BCUT2D eigenvalue weighted by molar-refractivity contribution is 0.294. The molecular formula is C15H27N3O. The average molecular weight is 265 g/mol. The summed E-state index contributed by atoms with van der Waals surface area (Å²) in [5.74, 6) is 0.752. The highest BCUT2D eigenvalue weighted by atomic mass is 16.5. The molecule has 4 heteroatoms. The second kappa shape index (κ2) is 7.89. The first-order valence-corrected chi connectivity index (χ1v) is 7.11. The molecule has 0 bridgehead atoms. The molecule has 1 unspecified atom stereocenters. The van der Waals surface area contributed by atoms with Crippen LogP contribution < -0.4 is 15.8 Å². The Bertz CT molecular complexity index is 378. The number of rotatable bonds is 8.